The molecule has 1 heterocycles. The molecule has 1 aliphatic heterocycles. The second-order valence-electron chi connectivity index (χ2n) is 21.6. The maximum Gasteiger partial charge on any atom is 0.262 e. The molecule has 0 aliphatic carbocycles. The minimum Gasteiger partial charge on any atom is -0.483 e. The highest BCUT2D eigenvalue weighted by Crippen LogP contribution is 2.38. The molecular formula is C60H66F3N3O9. The van der Waals surface area contributed by atoms with Crippen molar-refractivity contribution in [3.8, 4) is 17.2 Å². The van der Waals surface area contributed by atoms with Crippen LogP contribution in [0.4, 0.5) is 30.2 Å². The van der Waals surface area contributed by atoms with Gasteiger partial charge >= 0.3 is 0 Å². The van der Waals surface area contributed by atoms with Crippen LogP contribution in [-0.4, -0.2) is 37.5 Å². The highest BCUT2D eigenvalue weighted by Gasteiger charge is 2.26. The van der Waals surface area contributed by atoms with Crippen molar-refractivity contribution < 1.29 is 56.0 Å². The molecule has 0 saturated carbocycles. The maximum absolute atomic E-state index is 13.7. The molecule has 0 aromatic heterocycles. The minimum atomic E-state index is -0.481. The van der Waals surface area contributed by atoms with Crippen molar-refractivity contribution in [1.82, 2.24) is 0 Å². The van der Waals surface area contributed by atoms with E-state index in [1.807, 2.05) is 36.4 Å². The molecule has 6 aromatic rings. The van der Waals surface area contributed by atoms with Gasteiger partial charge < -0.3 is 44.4 Å². The van der Waals surface area contributed by atoms with E-state index < -0.39 is 55.0 Å². The second kappa shape index (κ2) is 24.0. The van der Waals surface area contributed by atoms with Crippen LogP contribution < -0.4 is 30.2 Å². The molecule has 0 atom stereocenters. The van der Waals surface area contributed by atoms with E-state index in [2.05, 4.69) is 78.3 Å². The van der Waals surface area contributed by atoms with Gasteiger partial charge in [-0.3, -0.25) is 14.4 Å². The molecule has 3 N–H and O–H groups in total. The van der Waals surface area contributed by atoms with Crippen molar-refractivity contribution in [2.75, 3.05) is 35.8 Å². The Balaban J connectivity index is 1.33. The molecule has 0 saturated heterocycles. The summed E-state index contributed by atoms with van der Waals surface area (Å²) in [6, 6.07) is 28.2. The molecule has 0 fully saturated rings. The fourth-order valence-electron chi connectivity index (χ4n) is 8.18. The van der Waals surface area contributed by atoms with Gasteiger partial charge in [-0.25, -0.2) is 13.2 Å². The third-order valence-corrected chi connectivity index (χ3v) is 12.3. The molecule has 6 aromatic carbocycles. The lowest BCUT2D eigenvalue weighted by atomic mass is 9.84. The largest absolute Gasteiger partial charge is 0.483 e. The van der Waals surface area contributed by atoms with E-state index in [4.69, 9.17) is 28.4 Å². The van der Waals surface area contributed by atoms with Crippen LogP contribution >= 0.6 is 0 Å². The van der Waals surface area contributed by atoms with E-state index in [0.717, 1.165) is 16.7 Å². The van der Waals surface area contributed by atoms with Gasteiger partial charge in [-0.1, -0.05) is 62.3 Å². The summed E-state index contributed by atoms with van der Waals surface area (Å²) < 4.78 is 80.4. The molecule has 396 valence electrons. The molecule has 6 bridgehead atoms. The zero-order valence-electron chi connectivity index (χ0n) is 44.1. The molecular weight excluding hydrogens is 964 g/mol. The molecule has 3 amide bonds. The van der Waals surface area contributed by atoms with E-state index in [9.17, 15) is 27.6 Å². The summed E-state index contributed by atoms with van der Waals surface area (Å²) in [5.41, 5.74) is 6.66. The smallest absolute Gasteiger partial charge is 0.262 e. The Kier molecular flexibility index (Phi) is 17.8. The van der Waals surface area contributed by atoms with Crippen LogP contribution in [0, 0.1) is 17.5 Å². The van der Waals surface area contributed by atoms with Gasteiger partial charge in [0.2, 0.25) is 0 Å². The van der Waals surface area contributed by atoms with Crippen LogP contribution in [0.25, 0.3) is 0 Å². The van der Waals surface area contributed by atoms with Gasteiger partial charge in [0.05, 0.1) is 39.6 Å². The van der Waals surface area contributed by atoms with Gasteiger partial charge in [0.15, 0.2) is 19.8 Å². The lowest BCUT2D eigenvalue weighted by Crippen LogP contribution is -2.22. The van der Waals surface area contributed by atoms with Crippen molar-refractivity contribution >= 4 is 34.8 Å². The Morgan fingerprint density at radius 1 is 0.387 bits per heavy atom. The standard InChI is InChI=1S/C60H66F3N3O9/c1-58(2,3)43-22-37-28-70-30-39-24-44(59(4,5)6)26-41(56(39)74-35-53(68)65-50-18-12-47(62)13-19-50)32-72-33-42-27-45(60(7,8)9)25-40(57(42)75-36-54(69)66-51-20-14-48(63)15-21-51)31-71-29-38(23-43)55(37)73-34-52(67)64-49-16-10-46(61)11-17-49/h10-27H,28-36H2,1-9H3,(H,64,67)(H,65,68)(H,66,69). The third-order valence-electron chi connectivity index (χ3n) is 12.3. The highest BCUT2D eigenvalue weighted by atomic mass is 19.1. The van der Waals surface area contributed by atoms with Crippen LogP contribution in [0.15, 0.2) is 109 Å². The Bertz CT molecular complexity index is 2580. The number of rotatable bonds is 12. The molecule has 12 nitrogen and oxygen atoms in total. The zero-order valence-corrected chi connectivity index (χ0v) is 44.1. The first-order valence-corrected chi connectivity index (χ1v) is 24.7. The summed E-state index contributed by atoms with van der Waals surface area (Å²) in [7, 11) is 0. The van der Waals surface area contributed by atoms with E-state index in [1.165, 1.54) is 72.8 Å². The number of nitrogens with one attached hydrogen (secondary N) is 3. The molecule has 0 radical (unpaired) electrons. The van der Waals surface area contributed by atoms with Crippen molar-refractivity contribution in [2.45, 2.75) is 118 Å². The number of amides is 3. The van der Waals surface area contributed by atoms with Gasteiger partial charge in [-0.05, 0) is 142 Å². The monoisotopic (exact) mass is 1030 g/mol. The summed E-state index contributed by atoms with van der Waals surface area (Å²) in [6.45, 7) is 17.6. The van der Waals surface area contributed by atoms with Crippen LogP contribution in [0.2, 0.25) is 0 Å². The van der Waals surface area contributed by atoms with Gasteiger partial charge in [-0.2, -0.15) is 0 Å². The predicted molar refractivity (Wildman–Crippen MR) is 282 cm³/mol. The van der Waals surface area contributed by atoms with Gasteiger partial charge in [0.1, 0.15) is 34.7 Å². The van der Waals surface area contributed by atoms with Gasteiger partial charge in [0, 0.05) is 50.4 Å². The van der Waals surface area contributed by atoms with Crippen molar-refractivity contribution in [3.63, 3.8) is 0 Å². The van der Waals surface area contributed by atoms with Crippen LogP contribution in [0.5, 0.6) is 17.2 Å². The minimum absolute atomic E-state index is 0.0108. The van der Waals surface area contributed by atoms with Gasteiger partial charge in [0.25, 0.3) is 17.7 Å². The first-order chi connectivity index (χ1) is 35.5. The number of anilines is 3. The number of benzene rings is 6. The SMILES string of the molecule is CC(C)(C)c1cc2c(OCC(=O)Nc3ccc(F)cc3)c(c1)COCc1cc(C(C)(C)C)cc(c1OCC(=O)Nc1ccc(F)cc1)COCc1cc(C(C)(C)C)cc(c1OCC(=O)Nc1ccc(F)cc1)COC2. The van der Waals surface area contributed by atoms with Crippen LogP contribution in [0.1, 0.15) is 112 Å². The molecule has 0 unspecified atom stereocenters. The number of carbonyl (C=O) groups is 3. The first kappa shape index (κ1) is 55.5. The molecule has 1 aliphatic rings. The maximum atomic E-state index is 13.7. The first-order valence-electron chi connectivity index (χ1n) is 24.7. The Hall–Kier alpha value is -7.20. The number of hydrogen-bond donors (Lipinski definition) is 3. The Morgan fingerprint density at radius 2 is 0.587 bits per heavy atom. The van der Waals surface area contributed by atoms with Crippen molar-refractivity contribution in [2.24, 2.45) is 0 Å². The predicted octanol–water partition coefficient (Wildman–Crippen LogP) is 12.5. The zero-order chi connectivity index (χ0) is 54.1. The van der Waals surface area contributed by atoms with Gasteiger partial charge in [-0.15, -0.1) is 0 Å². The summed E-state index contributed by atoms with van der Waals surface area (Å²) in [5.74, 6) is -1.68. The average Bonchev–Trinajstić information content (AvgIpc) is 3.33. The summed E-state index contributed by atoms with van der Waals surface area (Å²) in [6.07, 6.45) is 0. The number of carbonyl (C=O) groups excluding carboxylic acids is 3. The summed E-state index contributed by atoms with van der Waals surface area (Å²) in [4.78, 5) is 40.3. The molecule has 15 heteroatoms. The van der Waals surface area contributed by atoms with E-state index in [1.54, 1.807) is 0 Å². The van der Waals surface area contributed by atoms with E-state index in [0.29, 0.717) is 67.7 Å². The van der Waals surface area contributed by atoms with Crippen LogP contribution in [-0.2, 0) is 84.5 Å². The lowest BCUT2D eigenvalue weighted by Gasteiger charge is -2.26. The van der Waals surface area contributed by atoms with Crippen LogP contribution in [0.3, 0.4) is 0 Å². The van der Waals surface area contributed by atoms with E-state index in [-0.39, 0.29) is 55.9 Å². The second-order valence-corrected chi connectivity index (χ2v) is 21.6. The topological polar surface area (TPSA) is 143 Å². The Labute approximate surface area is 437 Å². The third kappa shape index (κ3) is 15.7. The fourth-order valence-corrected chi connectivity index (χ4v) is 8.18. The average molecular weight is 1030 g/mol. The number of fused-ring (bicyclic) bond motifs is 6. The number of halogens is 3. The Morgan fingerprint density at radius 3 is 0.773 bits per heavy atom. The molecule has 7 rings (SSSR count). The number of hydrogen-bond acceptors (Lipinski definition) is 9. The normalized spacial score (nSPS) is 13.4. The number of ether oxygens (including phenoxy) is 6. The van der Waals surface area contributed by atoms with Crippen molar-refractivity contribution in [1.29, 1.82) is 0 Å². The lowest BCUT2D eigenvalue weighted by molar-refractivity contribution is -0.118. The van der Waals surface area contributed by atoms with E-state index >= 15 is 0 Å². The quantitative estimate of drug-likeness (QED) is 0.109. The highest BCUT2D eigenvalue weighted by molar-refractivity contribution is 5.93. The summed E-state index contributed by atoms with van der Waals surface area (Å²) in [5, 5.41) is 8.29. The van der Waals surface area contributed by atoms with Crippen molar-refractivity contribution in [3.05, 3.63) is 177 Å². The summed E-state index contributed by atoms with van der Waals surface area (Å²) >= 11 is 0. The molecule has 75 heavy (non-hydrogen) atoms. The fraction of sp³-hybridized carbons (Fsp3) is 0.350. The molecule has 0 spiro atoms.